The lowest BCUT2D eigenvalue weighted by Gasteiger charge is -2.32. The first-order valence-corrected chi connectivity index (χ1v) is 5.17. The molecule has 1 amide bonds. The lowest BCUT2D eigenvalue weighted by Crippen LogP contribution is -2.56. The number of hydrazone groups is 1. The Hall–Kier alpha value is -1.96. The van der Waals surface area contributed by atoms with Crippen LogP contribution in [0.1, 0.15) is 16.8 Å². The van der Waals surface area contributed by atoms with Crippen molar-refractivity contribution in [3.8, 4) is 0 Å². The molecule has 0 aromatic heterocycles. The standard InChI is InChI=1S/C11H8F4N2O2/c12-8-3-1-7(2-4-8)9(18)17-10(19,5-6-16-17)11(13,14)15/h1-4,6,19H,5H2. The third-order valence-corrected chi connectivity index (χ3v) is 2.66. The highest BCUT2D eigenvalue weighted by Gasteiger charge is 2.61. The molecular weight excluding hydrogens is 268 g/mol. The van der Waals surface area contributed by atoms with Crippen LogP contribution in [0.3, 0.4) is 0 Å². The van der Waals surface area contributed by atoms with Crippen molar-refractivity contribution in [2.45, 2.75) is 18.3 Å². The van der Waals surface area contributed by atoms with Crippen LogP contribution in [0.15, 0.2) is 29.4 Å². The maximum Gasteiger partial charge on any atom is 0.438 e. The molecule has 102 valence electrons. The van der Waals surface area contributed by atoms with Gasteiger partial charge in [0.05, 0.1) is 0 Å². The van der Waals surface area contributed by atoms with E-state index in [4.69, 9.17) is 0 Å². The summed E-state index contributed by atoms with van der Waals surface area (Å²) in [5, 5.41) is 12.8. The Morgan fingerprint density at radius 1 is 1.32 bits per heavy atom. The zero-order valence-electron chi connectivity index (χ0n) is 9.36. The van der Waals surface area contributed by atoms with Gasteiger partial charge >= 0.3 is 6.18 Å². The monoisotopic (exact) mass is 276 g/mol. The predicted octanol–water partition coefficient (Wildman–Crippen LogP) is 1.91. The number of hydrogen-bond acceptors (Lipinski definition) is 3. The maximum absolute atomic E-state index is 12.8. The van der Waals surface area contributed by atoms with E-state index in [2.05, 4.69) is 5.10 Å². The number of aliphatic hydroxyl groups is 1. The summed E-state index contributed by atoms with van der Waals surface area (Å²) in [7, 11) is 0. The van der Waals surface area contributed by atoms with Crippen LogP contribution in [-0.2, 0) is 0 Å². The van der Waals surface area contributed by atoms with Crippen molar-refractivity contribution < 1.29 is 27.5 Å². The summed E-state index contributed by atoms with van der Waals surface area (Å²) in [4.78, 5) is 11.9. The molecule has 0 bridgehead atoms. The molecule has 19 heavy (non-hydrogen) atoms. The van der Waals surface area contributed by atoms with E-state index in [-0.39, 0.29) is 10.6 Å². The molecular formula is C11H8F4N2O2. The van der Waals surface area contributed by atoms with Crippen LogP contribution in [0.2, 0.25) is 0 Å². The Kier molecular flexibility index (Phi) is 3.05. The van der Waals surface area contributed by atoms with Crippen molar-refractivity contribution in [1.29, 1.82) is 0 Å². The molecule has 1 heterocycles. The van der Waals surface area contributed by atoms with Gasteiger partial charge in [-0.25, -0.2) is 4.39 Å². The van der Waals surface area contributed by atoms with Gasteiger partial charge in [-0.05, 0) is 24.3 Å². The number of rotatable bonds is 1. The second-order valence-corrected chi connectivity index (χ2v) is 3.94. The first-order valence-electron chi connectivity index (χ1n) is 5.17. The number of hydrogen-bond donors (Lipinski definition) is 1. The van der Waals surface area contributed by atoms with E-state index in [0.717, 1.165) is 30.5 Å². The second-order valence-electron chi connectivity index (χ2n) is 3.94. The minimum absolute atomic E-state index is 0.0414. The molecule has 1 aliphatic rings. The topological polar surface area (TPSA) is 52.9 Å². The van der Waals surface area contributed by atoms with Crippen molar-refractivity contribution in [2.75, 3.05) is 0 Å². The predicted molar refractivity (Wildman–Crippen MR) is 56.7 cm³/mol. The molecule has 0 fully saturated rings. The van der Waals surface area contributed by atoms with E-state index in [1.54, 1.807) is 0 Å². The van der Waals surface area contributed by atoms with E-state index in [1.165, 1.54) is 0 Å². The van der Waals surface area contributed by atoms with Crippen molar-refractivity contribution >= 4 is 12.1 Å². The molecule has 1 aromatic carbocycles. The van der Waals surface area contributed by atoms with Crippen LogP contribution < -0.4 is 0 Å². The van der Waals surface area contributed by atoms with Gasteiger partial charge < -0.3 is 5.11 Å². The van der Waals surface area contributed by atoms with Crippen molar-refractivity contribution in [1.82, 2.24) is 5.01 Å². The van der Waals surface area contributed by atoms with Gasteiger partial charge in [-0.1, -0.05) is 0 Å². The van der Waals surface area contributed by atoms with Crippen molar-refractivity contribution in [2.24, 2.45) is 5.10 Å². The minimum atomic E-state index is -5.04. The average molecular weight is 276 g/mol. The quantitative estimate of drug-likeness (QED) is 0.796. The lowest BCUT2D eigenvalue weighted by molar-refractivity contribution is -0.297. The van der Waals surface area contributed by atoms with Gasteiger partial charge in [0.15, 0.2) is 0 Å². The van der Waals surface area contributed by atoms with E-state index < -0.39 is 30.0 Å². The fraction of sp³-hybridized carbons (Fsp3) is 0.273. The molecule has 0 saturated carbocycles. The molecule has 0 spiro atoms. The molecule has 1 aromatic rings. The Morgan fingerprint density at radius 3 is 2.42 bits per heavy atom. The normalized spacial score (nSPS) is 22.9. The number of nitrogens with zero attached hydrogens (tertiary/aromatic N) is 2. The number of carbonyl (C=O) groups excluding carboxylic acids is 1. The van der Waals surface area contributed by atoms with Gasteiger partial charge in [0, 0.05) is 18.2 Å². The molecule has 1 unspecified atom stereocenters. The summed E-state index contributed by atoms with van der Waals surface area (Å²) >= 11 is 0. The first kappa shape index (κ1) is 13.5. The van der Waals surface area contributed by atoms with E-state index in [1.807, 2.05) is 0 Å². The highest BCUT2D eigenvalue weighted by Crippen LogP contribution is 2.39. The van der Waals surface area contributed by atoms with Crippen LogP contribution in [0.4, 0.5) is 17.6 Å². The van der Waals surface area contributed by atoms with Crippen LogP contribution in [-0.4, -0.2) is 34.1 Å². The van der Waals surface area contributed by atoms with Gasteiger partial charge in [0.2, 0.25) is 0 Å². The summed E-state index contributed by atoms with van der Waals surface area (Å²) < 4.78 is 50.9. The largest absolute Gasteiger partial charge is 0.438 e. The number of alkyl halides is 3. The van der Waals surface area contributed by atoms with Crippen molar-refractivity contribution in [3.63, 3.8) is 0 Å². The summed E-state index contributed by atoms with van der Waals surface area (Å²) in [6.45, 7) is 0. The molecule has 4 nitrogen and oxygen atoms in total. The Bertz CT molecular complexity index is 526. The Balaban J connectivity index is 2.33. The summed E-state index contributed by atoms with van der Waals surface area (Å²) in [6, 6.07) is 3.89. The SMILES string of the molecule is O=C(c1ccc(F)cc1)N1N=CCC1(O)C(F)(F)F. The smallest absolute Gasteiger partial charge is 0.362 e. The summed E-state index contributed by atoms with van der Waals surface area (Å²) in [5.41, 5.74) is -3.57. The van der Waals surface area contributed by atoms with Crippen molar-refractivity contribution in [3.05, 3.63) is 35.6 Å². The maximum atomic E-state index is 12.8. The van der Waals surface area contributed by atoms with E-state index >= 15 is 0 Å². The van der Waals surface area contributed by atoms with Crippen LogP contribution in [0.25, 0.3) is 0 Å². The number of carbonyl (C=O) groups is 1. The van der Waals surface area contributed by atoms with E-state index in [9.17, 15) is 27.5 Å². The van der Waals surface area contributed by atoms with Gasteiger partial charge in [0.1, 0.15) is 5.82 Å². The second kappa shape index (κ2) is 4.30. The Morgan fingerprint density at radius 2 is 1.89 bits per heavy atom. The van der Waals surface area contributed by atoms with Crippen LogP contribution in [0.5, 0.6) is 0 Å². The molecule has 1 aliphatic heterocycles. The minimum Gasteiger partial charge on any atom is -0.362 e. The van der Waals surface area contributed by atoms with E-state index in [0.29, 0.717) is 0 Å². The number of halogens is 4. The molecule has 0 radical (unpaired) electrons. The molecule has 8 heteroatoms. The zero-order valence-corrected chi connectivity index (χ0v) is 9.36. The highest BCUT2D eigenvalue weighted by molar-refractivity contribution is 5.95. The summed E-state index contributed by atoms with van der Waals surface area (Å²) in [5.74, 6) is -1.79. The fourth-order valence-electron chi connectivity index (χ4n) is 1.60. The van der Waals surface area contributed by atoms with Crippen LogP contribution >= 0.6 is 0 Å². The van der Waals surface area contributed by atoms with Gasteiger partial charge in [-0.2, -0.15) is 23.3 Å². The molecule has 0 aliphatic carbocycles. The summed E-state index contributed by atoms with van der Waals surface area (Å²) in [6.07, 6.45) is -5.09. The Labute approximate surface area is 104 Å². The molecule has 1 N–H and O–H groups in total. The highest BCUT2D eigenvalue weighted by atomic mass is 19.4. The third kappa shape index (κ3) is 2.19. The molecule has 2 rings (SSSR count). The third-order valence-electron chi connectivity index (χ3n) is 2.66. The fourth-order valence-corrected chi connectivity index (χ4v) is 1.60. The van der Waals surface area contributed by atoms with Gasteiger partial charge in [0.25, 0.3) is 11.6 Å². The molecule has 1 atom stereocenters. The number of amides is 1. The van der Waals surface area contributed by atoms with Gasteiger partial charge in [-0.15, -0.1) is 0 Å². The zero-order chi connectivity index (χ0) is 14.3. The van der Waals surface area contributed by atoms with Gasteiger partial charge in [-0.3, -0.25) is 4.79 Å². The first-order chi connectivity index (χ1) is 8.75. The average Bonchev–Trinajstić information content (AvgIpc) is 2.72. The lowest BCUT2D eigenvalue weighted by atomic mass is 10.1. The number of benzene rings is 1. The van der Waals surface area contributed by atoms with Crippen LogP contribution in [0, 0.1) is 5.82 Å². The molecule has 0 saturated heterocycles.